The maximum atomic E-state index is 6.17. The lowest BCUT2D eigenvalue weighted by molar-refractivity contribution is 0.265. The number of hydrogen-bond acceptors (Lipinski definition) is 4. The third kappa shape index (κ3) is 3.92. The molecule has 0 aromatic carbocycles. The maximum Gasteiger partial charge on any atom is 0.123 e. The monoisotopic (exact) mass is 290 g/mol. The van der Waals surface area contributed by atoms with Crippen molar-refractivity contribution in [1.29, 1.82) is 0 Å². The fraction of sp³-hybridized carbons (Fsp3) is 0.333. The number of aromatic nitrogens is 2. The molecule has 0 amide bonds. The van der Waals surface area contributed by atoms with E-state index >= 15 is 0 Å². The van der Waals surface area contributed by atoms with E-state index in [0.717, 1.165) is 30.2 Å². The van der Waals surface area contributed by atoms with E-state index in [9.17, 15) is 0 Å². The van der Waals surface area contributed by atoms with Gasteiger partial charge in [0.1, 0.15) is 5.82 Å². The van der Waals surface area contributed by atoms with Crippen molar-refractivity contribution in [2.75, 3.05) is 12.3 Å². The van der Waals surface area contributed by atoms with Crippen molar-refractivity contribution in [2.24, 2.45) is 0 Å². The summed E-state index contributed by atoms with van der Waals surface area (Å²) in [4.78, 5) is 11.1. The summed E-state index contributed by atoms with van der Waals surface area (Å²) in [6, 6.07) is 9.56. The number of halogens is 1. The van der Waals surface area contributed by atoms with Crippen molar-refractivity contribution in [3.05, 3.63) is 52.4 Å². The highest BCUT2D eigenvalue weighted by molar-refractivity contribution is 6.31. The van der Waals surface area contributed by atoms with Gasteiger partial charge in [-0.25, -0.2) is 4.98 Å². The molecular formula is C15H19ClN4. The van der Waals surface area contributed by atoms with Crippen LogP contribution in [0.1, 0.15) is 24.0 Å². The third-order valence-electron chi connectivity index (χ3n) is 3.09. The van der Waals surface area contributed by atoms with E-state index in [1.165, 1.54) is 0 Å². The standard InChI is InChI=1S/C15H19ClN4/c1-3-20(9-12-6-4-5-11(2)18-12)10-14-13(16)7-8-15(17)19-14/h4-8H,3,9-10H2,1-2H3,(H2,17,19). The number of pyridine rings is 2. The van der Waals surface area contributed by atoms with Crippen molar-refractivity contribution in [3.8, 4) is 0 Å². The van der Waals surface area contributed by atoms with E-state index in [1.54, 1.807) is 12.1 Å². The zero-order valence-corrected chi connectivity index (χ0v) is 12.6. The first kappa shape index (κ1) is 14.8. The van der Waals surface area contributed by atoms with Gasteiger partial charge in [-0.2, -0.15) is 0 Å². The van der Waals surface area contributed by atoms with Crippen LogP contribution < -0.4 is 5.73 Å². The minimum absolute atomic E-state index is 0.495. The smallest absolute Gasteiger partial charge is 0.123 e. The van der Waals surface area contributed by atoms with Crippen LogP contribution in [-0.2, 0) is 13.1 Å². The topological polar surface area (TPSA) is 55.0 Å². The quantitative estimate of drug-likeness (QED) is 0.919. The van der Waals surface area contributed by atoms with Crippen LogP contribution in [0.25, 0.3) is 0 Å². The van der Waals surface area contributed by atoms with E-state index in [-0.39, 0.29) is 0 Å². The number of anilines is 1. The molecule has 4 nitrogen and oxygen atoms in total. The van der Waals surface area contributed by atoms with Gasteiger partial charge in [0.2, 0.25) is 0 Å². The van der Waals surface area contributed by atoms with Crippen molar-refractivity contribution in [3.63, 3.8) is 0 Å². The third-order valence-corrected chi connectivity index (χ3v) is 3.44. The molecule has 0 fully saturated rings. The Balaban J connectivity index is 2.11. The summed E-state index contributed by atoms with van der Waals surface area (Å²) < 4.78 is 0. The lowest BCUT2D eigenvalue weighted by Gasteiger charge is -2.20. The Bertz CT molecular complexity index is 586. The van der Waals surface area contributed by atoms with Gasteiger partial charge < -0.3 is 5.73 Å². The molecule has 0 saturated heterocycles. The van der Waals surface area contributed by atoms with E-state index in [2.05, 4.69) is 21.8 Å². The molecule has 20 heavy (non-hydrogen) atoms. The van der Waals surface area contributed by atoms with Crippen LogP contribution in [0.4, 0.5) is 5.82 Å². The lowest BCUT2D eigenvalue weighted by Crippen LogP contribution is -2.24. The predicted octanol–water partition coefficient (Wildman–Crippen LogP) is 3.04. The summed E-state index contributed by atoms with van der Waals surface area (Å²) in [5, 5.41) is 0.648. The molecule has 2 aromatic heterocycles. The highest BCUT2D eigenvalue weighted by atomic mass is 35.5. The molecule has 0 aliphatic rings. The first-order valence-electron chi connectivity index (χ1n) is 6.64. The molecule has 0 saturated carbocycles. The SMILES string of the molecule is CCN(Cc1cccc(C)n1)Cc1nc(N)ccc1Cl. The maximum absolute atomic E-state index is 6.17. The van der Waals surface area contributed by atoms with E-state index in [4.69, 9.17) is 17.3 Å². The molecule has 2 N–H and O–H groups in total. The number of rotatable bonds is 5. The Morgan fingerprint density at radius 1 is 1.15 bits per heavy atom. The van der Waals surface area contributed by atoms with Crippen LogP contribution in [0.5, 0.6) is 0 Å². The summed E-state index contributed by atoms with van der Waals surface area (Å²) in [5.74, 6) is 0.495. The molecule has 0 aliphatic carbocycles. The van der Waals surface area contributed by atoms with E-state index < -0.39 is 0 Å². The summed E-state index contributed by atoms with van der Waals surface area (Å²) in [6.07, 6.45) is 0. The van der Waals surface area contributed by atoms with E-state index in [0.29, 0.717) is 17.4 Å². The molecule has 2 aromatic rings. The number of nitrogens with zero attached hydrogens (tertiary/aromatic N) is 3. The van der Waals surface area contributed by atoms with Gasteiger partial charge in [-0.15, -0.1) is 0 Å². The first-order valence-corrected chi connectivity index (χ1v) is 7.02. The summed E-state index contributed by atoms with van der Waals surface area (Å²) in [5.41, 5.74) is 8.60. The number of aryl methyl sites for hydroxylation is 1. The van der Waals surface area contributed by atoms with E-state index in [1.807, 2.05) is 25.1 Å². The summed E-state index contributed by atoms with van der Waals surface area (Å²) in [7, 11) is 0. The fourth-order valence-electron chi connectivity index (χ4n) is 2.02. The number of hydrogen-bond donors (Lipinski definition) is 1. The first-order chi connectivity index (χ1) is 9.58. The Morgan fingerprint density at radius 3 is 2.65 bits per heavy atom. The average Bonchev–Trinajstić information content (AvgIpc) is 2.42. The predicted molar refractivity (Wildman–Crippen MR) is 82.4 cm³/mol. The molecule has 106 valence electrons. The molecule has 0 unspecified atom stereocenters. The largest absolute Gasteiger partial charge is 0.384 e. The molecule has 0 radical (unpaired) electrons. The van der Waals surface area contributed by atoms with Crippen molar-refractivity contribution in [1.82, 2.24) is 14.9 Å². The van der Waals surface area contributed by atoms with Gasteiger partial charge in [0, 0.05) is 18.8 Å². The van der Waals surface area contributed by atoms with Crippen LogP contribution in [0.15, 0.2) is 30.3 Å². The normalized spacial score (nSPS) is 11.0. The second kappa shape index (κ2) is 6.68. The van der Waals surface area contributed by atoms with Crippen LogP contribution in [0, 0.1) is 6.92 Å². The Kier molecular flexibility index (Phi) is 4.93. The van der Waals surface area contributed by atoms with Gasteiger partial charge in [0.25, 0.3) is 0 Å². The summed E-state index contributed by atoms with van der Waals surface area (Å²) in [6.45, 7) is 6.43. The Labute approximate surface area is 124 Å². The zero-order chi connectivity index (χ0) is 14.5. The molecule has 0 atom stereocenters. The number of nitrogens with two attached hydrogens (primary N) is 1. The second-order valence-electron chi connectivity index (χ2n) is 4.74. The van der Waals surface area contributed by atoms with Crippen LogP contribution in [0.3, 0.4) is 0 Å². The van der Waals surface area contributed by atoms with Crippen molar-refractivity contribution < 1.29 is 0 Å². The molecular weight excluding hydrogens is 272 g/mol. The Morgan fingerprint density at radius 2 is 1.95 bits per heavy atom. The molecule has 5 heteroatoms. The average molecular weight is 291 g/mol. The van der Waals surface area contributed by atoms with Gasteiger partial charge in [-0.05, 0) is 37.7 Å². The highest BCUT2D eigenvalue weighted by Gasteiger charge is 2.10. The second-order valence-corrected chi connectivity index (χ2v) is 5.15. The summed E-state index contributed by atoms with van der Waals surface area (Å²) >= 11 is 6.17. The van der Waals surface area contributed by atoms with Crippen LogP contribution in [-0.4, -0.2) is 21.4 Å². The molecule has 0 aliphatic heterocycles. The molecule has 2 rings (SSSR count). The van der Waals surface area contributed by atoms with Crippen molar-refractivity contribution in [2.45, 2.75) is 26.9 Å². The lowest BCUT2D eigenvalue weighted by atomic mass is 10.2. The fourth-order valence-corrected chi connectivity index (χ4v) is 2.19. The molecule has 0 spiro atoms. The molecule has 2 heterocycles. The van der Waals surface area contributed by atoms with Crippen molar-refractivity contribution >= 4 is 17.4 Å². The van der Waals surface area contributed by atoms with Crippen LogP contribution >= 0.6 is 11.6 Å². The number of nitrogen functional groups attached to an aromatic ring is 1. The van der Waals surface area contributed by atoms with Gasteiger partial charge in [0.05, 0.1) is 16.4 Å². The minimum Gasteiger partial charge on any atom is -0.384 e. The van der Waals surface area contributed by atoms with Gasteiger partial charge >= 0.3 is 0 Å². The van der Waals surface area contributed by atoms with Gasteiger partial charge in [0.15, 0.2) is 0 Å². The van der Waals surface area contributed by atoms with Gasteiger partial charge in [-0.3, -0.25) is 9.88 Å². The Hall–Kier alpha value is -1.65. The molecule has 0 bridgehead atoms. The van der Waals surface area contributed by atoms with Gasteiger partial charge in [-0.1, -0.05) is 24.6 Å². The minimum atomic E-state index is 0.495. The van der Waals surface area contributed by atoms with Crippen LogP contribution in [0.2, 0.25) is 5.02 Å². The highest BCUT2D eigenvalue weighted by Crippen LogP contribution is 2.18. The zero-order valence-electron chi connectivity index (χ0n) is 11.8.